The van der Waals surface area contributed by atoms with Crippen molar-refractivity contribution < 1.29 is 21.1 Å². The van der Waals surface area contributed by atoms with Crippen molar-refractivity contribution in [1.29, 1.82) is 0 Å². The van der Waals surface area contributed by atoms with E-state index in [0.717, 1.165) is 55.9 Å². The summed E-state index contributed by atoms with van der Waals surface area (Å²) in [5, 5.41) is 2.34. The van der Waals surface area contributed by atoms with E-state index in [2.05, 4.69) is 247 Å². The molecule has 1 aliphatic rings. The summed E-state index contributed by atoms with van der Waals surface area (Å²) >= 11 is 0. The molecule has 0 saturated carbocycles. The van der Waals surface area contributed by atoms with Crippen LogP contribution in [0.3, 0.4) is 0 Å². The second-order valence-corrected chi connectivity index (χ2v) is 19.6. The van der Waals surface area contributed by atoms with Gasteiger partial charge in [-0.25, -0.2) is 4.98 Å². The number of aromatic nitrogens is 2. The molecule has 1 aliphatic heterocycles. The maximum absolute atomic E-state index is 4.99. The summed E-state index contributed by atoms with van der Waals surface area (Å²) in [6.07, 6.45) is 1.95. The maximum atomic E-state index is 4.99. The molecule has 0 amide bonds. The molecular formula is C59H54BN4Pt-3. The first kappa shape index (κ1) is 44.1. The predicted octanol–water partition coefficient (Wildman–Crippen LogP) is 12.9. The molecule has 0 radical (unpaired) electrons. The molecule has 0 bridgehead atoms. The topological polar surface area (TPSA) is 24.3 Å². The quantitative estimate of drug-likeness (QED) is 0.117. The molecule has 0 unspecified atom stereocenters. The zero-order valence-electron chi connectivity index (χ0n) is 38.8. The fraction of sp³-hybridized carbons (Fsp3) is 0.186. The van der Waals surface area contributed by atoms with Gasteiger partial charge in [-0.3, -0.25) is 0 Å². The van der Waals surface area contributed by atoms with Gasteiger partial charge in [0.15, 0.2) is 6.71 Å². The largest absolute Gasteiger partial charge is 0.493 e. The predicted molar refractivity (Wildman–Crippen MR) is 272 cm³/mol. The van der Waals surface area contributed by atoms with Crippen LogP contribution in [-0.4, -0.2) is 16.3 Å². The smallest absolute Gasteiger partial charge is 0.192 e. The third-order valence-electron chi connectivity index (χ3n) is 13.0. The van der Waals surface area contributed by atoms with Crippen LogP contribution in [0.1, 0.15) is 69.4 Å². The van der Waals surface area contributed by atoms with Crippen LogP contribution in [0.4, 0.5) is 22.7 Å². The zero-order chi connectivity index (χ0) is 44.5. The van der Waals surface area contributed by atoms with Crippen molar-refractivity contribution in [3.8, 4) is 16.9 Å². The second kappa shape index (κ2) is 17.0. The Kier molecular flexibility index (Phi) is 11.5. The zero-order valence-corrected chi connectivity index (χ0v) is 41.0. The van der Waals surface area contributed by atoms with E-state index < -0.39 is 0 Å². The molecular weight excluding hydrogens is 971 g/mol. The van der Waals surface area contributed by atoms with Gasteiger partial charge < -0.3 is 14.4 Å². The molecule has 2 aromatic heterocycles. The number of fused-ring (bicyclic) bond motifs is 4. The SMILES string of the molecule is Cc1cc(C)c(B(c2[c-]c(N3[CH-]N(c4cc(C(C)(C)C)ccc4-c4ccccc4)c4ccccc43)ccc2)c2[c-]c3c(cc2)c2ccccc2n3-c2cc(C(C)(C)C)ccn2)c(C)c1.[Pt]. The van der Waals surface area contributed by atoms with Crippen molar-refractivity contribution in [2.24, 2.45) is 0 Å². The summed E-state index contributed by atoms with van der Waals surface area (Å²) in [7, 11) is 0. The van der Waals surface area contributed by atoms with Gasteiger partial charge in [0.05, 0.1) is 0 Å². The van der Waals surface area contributed by atoms with Crippen LogP contribution in [0, 0.1) is 39.6 Å². The molecule has 0 saturated heterocycles. The second-order valence-electron chi connectivity index (χ2n) is 19.6. The Morgan fingerprint density at radius 3 is 1.92 bits per heavy atom. The standard InChI is InChI=1S/C59H54BN4.Pt/c1-39-32-40(2)57(41(3)33-39)60(46-27-29-50-49-22-13-14-23-51(49)64(55(50)37-46)56-35-44(30-31-61-56)59(7,8)9)45-20-17-21-47(36-45)62-38-63(53-25-16-15-24-52(53)62)54-34-43(58(4,5)6)26-28-48(54)42-18-11-10-12-19-42;/h10-35,38H,1-9H3;/q-3;. The van der Waals surface area contributed by atoms with Crippen LogP contribution in [0.5, 0.6) is 0 Å². The molecule has 0 spiro atoms. The Hall–Kier alpha value is -6.16. The first-order valence-corrected chi connectivity index (χ1v) is 22.5. The van der Waals surface area contributed by atoms with Gasteiger partial charge in [0, 0.05) is 55.4 Å². The van der Waals surface area contributed by atoms with Gasteiger partial charge in [0.1, 0.15) is 5.82 Å². The number of rotatable bonds is 7. The molecule has 0 fully saturated rings. The summed E-state index contributed by atoms with van der Waals surface area (Å²) in [5.74, 6) is 0.899. The average molecular weight is 1020 g/mol. The van der Waals surface area contributed by atoms with Crippen LogP contribution in [-0.2, 0) is 31.9 Å². The van der Waals surface area contributed by atoms with Gasteiger partial charge in [-0.15, -0.1) is 17.7 Å². The van der Waals surface area contributed by atoms with E-state index in [-0.39, 0.29) is 38.6 Å². The number of aryl methyl sites for hydroxylation is 3. The Morgan fingerprint density at radius 1 is 0.554 bits per heavy atom. The van der Waals surface area contributed by atoms with Crippen molar-refractivity contribution in [1.82, 2.24) is 9.55 Å². The minimum atomic E-state index is -0.146. The molecule has 0 N–H and O–H groups in total. The van der Waals surface area contributed by atoms with E-state index in [1.165, 1.54) is 49.8 Å². The molecule has 65 heavy (non-hydrogen) atoms. The Balaban J connectivity index is 0.00000533. The summed E-state index contributed by atoms with van der Waals surface area (Å²) in [5.41, 5.74) is 18.6. The third-order valence-corrected chi connectivity index (χ3v) is 13.0. The summed E-state index contributed by atoms with van der Waals surface area (Å²) in [6.45, 7) is 22.4. The molecule has 9 aromatic rings. The summed E-state index contributed by atoms with van der Waals surface area (Å²) in [4.78, 5) is 9.66. The number of hydrogen-bond acceptors (Lipinski definition) is 3. The number of nitrogens with zero attached hydrogens (tertiary/aromatic N) is 4. The Bertz CT molecular complexity index is 3200. The number of para-hydroxylation sites is 3. The Morgan fingerprint density at radius 2 is 1.20 bits per heavy atom. The molecule has 4 nitrogen and oxygen atoms in total. The molecule has 0 atom stereocenters. The molecule has 10 rings (SSSR count). The monoisotopic (exact) mass is 1020 g/mol. The number of anilines is 4. The summed E-state index contributed by atoms with van der Waals surface area (Å²) < 4.78 is 2.30. The maximum Gasteiger partial charge on any atom is 0.192 e. The van der Waals surface area contributed by atoms with Crippen LogP contribution in [0.15, 0.2) is 158 Å². The molecule has 0 aliphatic carbocycles. The fourth-order valence-electron chi connectivity index (χ4n) is 9.78. The van der Waals surface area contributed by atoms with Crippen molar-refractivity contribution >= 4 is 67.7 Å². The Labute approximate surface area is 400 Å². The number of benzene rings is 7. The minimum absolute atomic E-state index is 0. The van der Waals surface area contributed by atoms with E-state index in [1.807, 2.05) is 6.20 Å². The van der Waals surface area contributed by atoms with Crippen molar-refractivity contribution in [3.63, 3.8) is 0 Å². The van der Waals surface area contributed by atoms with Crippen molar-refractivity contribution in [2.75, 3.05) is 9.80 Å². The van der Waals surface area contributed by atoms with E-state index in [9.17, 15) is 0 Å². The summed E-state index contributed by atoms with van der Waals surface area (Å²) in [6, 6.07) is 63.3. The van der Waals surface area contributed by atoms with Gasteiger partial charge in [0.25, 0.3) is 0 Å². The van der Waals surface area contributed by atoms with Crippen LogP contribution >= 0.6 is 0 Å². The van der Waals surface area contributed by atoms with Crippen LogP contribution < -0.4 is 26.2 Å². The number of pyridine rings is 1. The first-order chi connectivity index (χ1) is 30.7. The molecule has 3 heterocycles. The van der Waals surface area contributed by atoms with E-state index in [0.29, 0.717) is 0 Å². The minimum Gasteiger partial charge on any atom is -0.493 e. The normalized spacial score (nSPS) is 12.8. The third kappa shape index (κ3) is 8.03. The van der Waals surface area contributed by atoms with Gasteiger partial charge in [-0.1, -0.05) is 154 Å². The fourth-order valence-corrected chi connectivity index (χ4v) is 9.78. The van der Waals surface area contributed by atoms with E-state index >= 15 is 0 Å². The molecule has 7 aromatic carbocycles. The van der Waals surface area contributed by atoms with Crippen LogP contribution in [0.25, 0.3) is 38.8 Å². The van der Waals surface area contributed by atoms with Crippen molar-refractivity contribution in [3.05, 3.63) is 204 Å². The van der Waals surface area contributed by atoms with E-state index in [1.54, 1.807) is 0 Å². The van der Waals surface area contributed by atoms with Crippen LogP contribution in [0.2, 0.25) is 0 Å². The van der Waals surface area contributed by atoms with Gasteiger partial charge in [0.2, 0.25) is 0 Å². The van der Waals surface area contributed by atoms with E-state index in [4.69, 9.17) is 4.98 Å². The molecule has 326 valence electrons. The van der Waals surface area contributed by atoms with Gasteiger partial charge in [-0.2, -0.15) is 53.4 Å². The molecule has 6 heteroatoms. The van der Waals surface area contributed by atoms with Gasteiger partial charge in [-0.05, 0) is 90.1 Å². The number of hydrogen-bond donors (Lipinski definition) is 0. The van der Waals surface area contributed by atoms with Gasteiger partial charge >= 0.3 is 0 Å². The first-order valence-electron chi connectivity index (χ1n) is 22.5. The average Bonchev–Trinajstić information content (AvgIpc) is 3.83. The van der Waals surface area contributed by atoms with Crippen molar-refractivity contribution in [2.45, 2.75) is 73.1 Å².